The lowest BCUT2D eigenvalue weighted by molar-refractivity contribution is -0.130. The van der Waals surface area contributed by atoms with Gasteiger partial charge in [0.05, 0.1) is 19.3 Å². The molecule has 0 spiro atoms. The van der Waals surface area contributed by atoms with Crippen molar-refractivity contribution in [2.75, 3.05) is 39.9 Å². The predicted octanol–water partition coefficient (Wildman–Crippen LogP) is 0.686. The van der Waals surface area contributed by atoms with Crippen molar-refractivity contribution in [3.05, 3.63) is 23.7 Å². The summed E-state index contributed by atoms with van der Waals surface area (Å²) < 4.78 is 11.2. The monoisotopic (exact) mass is 348 g/mol. The number of carbonyl (C=O) groups excluding carboxylic acids is 2. The minimum atomic E-state index is -0.235. The molecule has 3 rings (SSSR count). The number of hydrogen-bond acceptors (Lipinski definition) is 6. The van der Waals surface area contributed by atoms with Crippen LogP contribution in [-0.2, 0) is 14.3 Å². The van der Waals surface area contributed by atoms with Crippen molar-refractivity contribution in [3.63, 3.8) is 0 Å². The molecule has 1 N–H and O–H groups in total. The second-order valence-corrected chi connectivity index (χ2v) is 6.29. The van der Waals surface area contributed by atoms with Crippen molar-refractivity contribution >= 4 is 17.5 Å². The van der Waals surface area contributed by atoms with Gasteiger partial charge in [-0.3, -0.25) is 14.5 Å². The van der Waals surface area contributed by atoms with Crippen molar-refractivity contribution in [3.8, 4) is 0 Å². The molecule has 1 unspecified atom stereocenters. The number of furan rings is 1. The van der Waals surface area contributed by atoms with E-state index in [2.05, 4.69) is 15.3 Å². The predicted molar refractivity (Wildman–Crippen MR) is 91.0 cm³/mol. The summed E-state index contributed by atoms with van der Waals surface area (Å²) in [6.07, 6.45) is 0.685. The summed E-state index contributed by atoms with van der Waals surface area (Å²) in [7, 11) is 1.57. The van der Waals surface area contributed by atoms with Crippen LogP contribution < -0.4 is 5.32 Å². The topological polar surface area (TPSA) is 87.4 Å². The number of hydrazone groups is 1. The third-order valence-corrected chi connectivity index (χ3v) is 4.50. The normalized spacial score (nSPS) is 20.3. The van der Waals surface area contributed by atoms with E-state index in [-0.39, 0.29) is 17.9 Å². The molecule has 136 valence electrons. The van der Waals surface area contributed by atoms with Crippen LogP contribution in [0.5, 0.6) is 0 Å². The first-order chi connectivity index (χ1) is 12.0. The van der Waals surface area contributed by atoms with Crippen LogP contribution in [0.25, 0.3) is 0 Å². The Morgan fingerprint density at radius 1 is 1.32 bits per heavy atom. The van der Waals surface area contributed by atoms with Gasteiger partial charge in [-0.1, -0.05) is 0 Å². The highest BCUT2D eigenvalue weighted by Gasteiger charge is 2.27. The second kappa shape index (κ2) is 7.79. The van der Waals surface area contributed by atoms with Crippen LogP contribution in [0, 0.1) is 6.92 Å². The summed E-state index contributed by atoms with van der Waals surface area (Å²) in [6.45, 7) is 5.25. The van der Waals surface area contributed by atoms with Crippen LogP contribution in [-0.4, -0.2) is 67.3 Å². The highest BCUT2D eigenvalue weighted by molar-refractivity contribution is 6.39. The lowest BCUT2D eigenvalue weighted by Gasteiger charge is -2.33. The molecule has 2 amide bonds. The van der Waals surface area contributed by atoms with E-state index in [1.165, 1.54) is 5.01 Å². The molecule has 0 aromatic carbocycles. The van der Waals surface area contributed by atoms with E-state index in [9.17, 15) is 9.59 Å². The Bertz CT molecular complexity index is 663. The maximum absolute atomic E-state index is 12.4. The Morgan fingerprint density at radius 2 is 2.08 bits per heavy atom. The highest BCUT2D eigenvalue weighted by atomic mass is 16.5. The maximum Gasteiger partial charge on any atom is 0.267 e. The number of hydrogen-bond donors (Lipinski definition) is 1. The number of amides is 2. The zero-order valence-corrected chi connectivity index (χ0v) is 14.7. The van der Waals surface area contributed by atoms with Gasteiger partial charge in [0.15, 0.2) is 0 Å². The van der Waals surface area contributed by atoms with Gasteiger partial charge in [0.25, 0.3) is 5.91 Å². The summed E-state index contributed by atoms with van der Waals surface area (Å²) in [6, 6.07) is 3.83. The third-order valence-electron chi connectivity index (χ3n) is 4.50. The Labute approximate surface area is 146 Å². The Balaban J connectivity index is 1.67. The first-order valence-corrected chi connectivity index (χ1v) is 8.55. The van der Waals surface area contributed by atoms with Gasteiger partial charge in [0.2, 0.25) is 5.91 Å². The molecule has 8 nitrogen and oxygen atoms in total. The number of ether oxygens (including phenoxy) is 1. The van der Waals surface area contributed by atoms with Gasteiger partial charge in [-0.25, -0.2) is 5.01 Å². The average Bonchev–Trinajstić information content (AvgIpc) is 3.04. The molecule has 1 saturated heterocycles. The summed E-state index contributed by atoms with van der Waals surface area (Å²) in [5.74, 6) is 1.36. The van der Waals surface area contributed by atoms with E-state index in [4.69, 9.17) is 9.15 Å². The lowest BCUT2D eigenvalue weighted by atomic mass is 10.1. The quantitative estimate of drug-likeness (QED) is 0.846. The van der Waals surface area contributed by atoms with Crippen LogP contribution in [0.4, 0.5) is 0 Å². The van der Waals surface area contributed by atoms with Crippen molar-refractivity contribution in [1.29, 1.82) is 0 Å². The summed E-state index contributed by atoms with van der Waals surface area (Å²) in [4.78, 5) is 26.1. The molecular formula is C17H24N4O4. The standard InChI is InChI=1S/C17H24N4O4/c1-12-3-5-15(25-12)14(21-7-9-24-10-8-21)11-18-17(23)13-4-6-16(22)20(2)19-13/h3,5,14H,4,6-11H2,1-2H3,(H,18,23). The van der Waals surface area contributed by atoms with Gasteiger partial charge in [0.1, 0.15) is 17.2 Å². The molecule has 2 aliphatic rings. The first kappa shape index (κ1) is 17.6. The van der Waals surface area contributed by atoms with Gasteiger partial charge in [0, 0.05) is 39.5 Å². The van der Waals surface area contributed by atoms with Gasteiger partial charge in [-0.2, -0.15) is 5.10 Å². The molecule has 0 bridgehead atoms. The molecule has 1 fully saturated rings. The molecule has 2 aliphatic heterocycles. The molecule has 3 heterocycles. The average molecular weight is 348 g/mol. The number of morpholine rings is 1. The molecule has 8 heteroatoms. The van der Waals surface area contributed by atoms with Crippen molar-refractivity contribution in [2.24, 2.45) is 5.10 Å². The molecule has 25 heavy (non-hydrogen) atoms. The van der Waals surface area contributed by atoms with Crippen LogP contribution in [0.15, 0.2) is 21.7 Å². The van der Waals surface area contributed by atoms with Crippen LogP contribution >= 0.6 is 0 Å². The van der Waals surface area contributed by atoms with Crippen LogP contribution in [0.3, 0.4) is 0 Å². The number of nitrogens with one attached hydrogen (secondary N) is 1. The fraction of sp³-hybridized carbons (Fsp3) is 0.588. The fourth-order valence-electron chi connectivity index (χ4n) is 3.06. The Morgan fingerprint density at radius 3 is 2.72 bits per heavy atom. The molecule has 1 aromatic heterocycles. The zero-order valence-electron chi connectivity index (χ0n) is 14.7. The number of aryl methyl sites for hydroxylation is 1. The van der Waals surface area contributed by atoms with Crippen LogP contribution in [0.2, 0.25) is 0 Å². The van der Waals surface area contributed by atoms with Gasteiger partial charge in [-0.05, 0) is 19.1 Å². The zero-order chi connectivity index (χ0) is 17.8. The Hall–Kier alpha value is -2.19. The fourth-order valence-corrected chi connectivity index (χ4v) is 3.06. The minimum Gasteiger partial charge on any atom is -0.465 e. The molecule has 0 aliphatic carbocycles. The SMILES string of the molecule is Cc1ccc(C(CNC(=O)C2=NN(C)C(=O)CC2)N2CCOCC2)o1. The minimum absolute atomic E-state index is 0.0508. The van der Waals surface area contributed by atoms with Crippen molar-refractivity contribution in [2.45, 2.75) is 25.8 Å². The smallest absolute Gasteiger partial charge is 0.267 e. The van der Waals surface area contributed by atoms with E-state index in [1.807, 2.05) is 19.1 Å². The summed E-state index contributed by atoms with van der Waals surface area (Å²) in [5, 5.41) is 8.23. The molecule has 1 aromatic rings. The molecular weight excluding hydrogens is 324 g/mol. The first-order valence-electron chi connectivity index (χ1n) is 8.55. The highest BCUT2D eigenvalue weighted by Crippen LogP contribution is 2.23. The maximum atomic E-state index is 12.4. The number of carbonyl (C=O) groups is 2. The number of rotatable bonds is 5. The molecule has 1 atom stereocenters. The third kappa shape index (κ3) is 4.26. The van der Waals surface area contributed by atoms with E-state index < -0.39 is 0 Å². The largest absolute Gasteiger partial charge is 0.465 e. The van der Waals surface area contributed by atoms with Gasteiger partial charge >= 0.3 is 0 Å². The van der Waals surface area contributed by atoms with E-state index >= 15 is 0 Å². The summed E-state index contributed by atoms with van der Waals surface area (Å²) >= 11 is 0. The Kier molecular flexibility index (Phi) is 5.50. The van der Waals surface area contributed by atoms with E-state index in [1.54, 1.807) is 7.05 Å². The molecule has 0 radical (unpaired) electrons. The van der Waals surface area contributed by atoms with E-state index in [0.717, 1.165) is 24.6 Å². The lowest BCUT2D eigenvalue weighted by Crippen LogP contribution is -2.45. The molecule has 0 saturated carbocycles. The van der Waals surface area contributed by atoms with Crippen LogP contribution in [0.1, 0.15) is 30.4 Å². The number of nitrogens with zero attached hydrogens (tertiary/aromatic N) is 3. The van der Waals surface area contributed by atoms with E-state index in [0.29, 0.717) is 38.3 Å². The second-order valence-electron chi connectivity index (χ2n) is 6.29. The van der Waals surface area contributed by atoms with Gasteiger partial charge < -0.3 is 14.5 Å². The summed E-state index contributed by atoms with van der Waals surface area (Å²) in [5.41, 5.74) is 0.387. The van der Waals surface area contributed by atoms with Gasteiger partial charge in [-0.15, -0.1) is 0 Å². The van der Waals surface area contributed by atoms with Crippen molar-refractivity contribution in [1.82, 2.24) is 15.2 Å². The van der Waals surface area contributed by atoms with Crippen molar-refractivity contribution < 1.29 is 18.7 Å².